The summed E-state index contributed by atoms with van der Waals surface area (Å²) in [4.78, 5) is 24.5. The molecule has 1 amide bonds. The van der Waals surface area contributed by atoms with Gasteiger partial charge in [-0.25, -0.2) is 0 Å². The van der Waals surface area contributed by atoms with Gasteiger partial charge in [-0.15, -0.1) is 10.2 Å². The van der Waals surface area contributed by atoms with E-state index in [0.717, 1.165) is 36.2 Å². The summed E-state index contributed by atoms with van der Waals surface area (Å²) in [5.41, 5.74) is 3.48. The van der Waals surface area contributed by atoms with Crippen molar-refractivity contribution in [1.82, 2.24) is 14.8 Å². The highest BCUT2D eigenvalue weighted by Crippen LogP contribution is 2.25. The molecule has 162 valence electrons. The number of nitrogens with zero attached hydrogens (tertiary/aromatic N) is 3. The second-order valence-electron chi connectivity index (χ2n) is 7.47. The molecule has 0 aliphatic carbocycles. The van der Waals surface area contributed by atoms with Gasteiger partial charge < -0.3 is 9.88 Å². The van der Waals surface area contributed by atoms with Gasteiger partial charge in [0.1, 0.15) is 0 Å². The van der Waals surface area contributed by atoms with Gasteiger partial charge in [0, 0.05) is 30.3 Å². The third-order valence-electron chi connectivity index (χ3n) is 5.05. The van der Waals surface area contributed by atoms with Crippen LogP contribution in [0.3, 0.4) is 0 Å². The Morgan fingerprint density at radius 2 is 1.77 bits per heavy atom. The number of aryl methyl sites for hydroxylation is 1. The Balaban J connectivity index is 1.57. The van der Waals surface area contributed by atoms with Crippen LogP contribution >= 0.6 is 11.8 Å². The summed E-state index contributed by atoms with van der Waals surface area (Å²) in [6, 6.07) is 15.1. The van der Waals surface area contributed by atoms with Crippen molar-refractivity contribution in [1.29, 1.82) is 0 Å². The number of anilines is 1. The number of carbonyl (C=O) groups excluding carboxylic acids is 2. The van der Waals surface area contributed by atoms with Crippen LogP contribution in [0, 0.1) is 6.92 Å². The van der Waals surface area contributed by atoms with Gasteiger partial charge in [-0.1, -0.05) is 55.8 Å². The molecule has 3 aromatic rings. The number of benzene rings is 2. The molecular weight excluding hydrogens is 408 g/mol. The van der Waals surface area contributed by atoms with Crippen molar-refractivity contribution in [3.05, 3.63) is 59.7 Å². The predicted molar refractivity (Wildman–Crippen MR) is 125 cm³/mol. The quantitative estimate of drug-likeness (QED) is 0.266. The number of carbonyl (C=O) groups is 2. The zero-order chi connectivity index (χ0) is 22.2. The van der Waals surface area contributed by atoms with Crippen molar-refractivity contribution in [2.75, 3.05) is 11.1 Å². The van der Waals surface area contributed by atoms with Gasteiger partial charge in [0.15, 0.2) is 16.8 Å². The van der Waals surface area contributed by atoms with Gasteiger partial charge in [0.25, 0.3) is 0 Å². The topological polar surface area (TPSA) is 76.9 Å². The molecular formula is C24H28N4O2S. The van der Waals surface area contributed by atoms with E-state index in [9.17, 15) is 9.59 Å². The molecule has 6 nitrogen and oxygen atoms in total. The highest BCUT2D eigenvalue weighted by atomic mass is 32.2. The van der Waals surface area contributed by atoms with Crippen molar-refractivity contribution < 1.29 is 9.59 Å². The lowest BCUT2D eigenvalue weighted by Crippen LogP contribution is -2.11. The van der Waals surface area contributed by atoms with E-state index in [2.05, 4.69) is 22.4 Å². The van der Waals surface area contributed by atoms with Gasteiger partial charge in [-0.3, -0.25) is 9.59 Å². The van der Waals surface area contributed by atoms with Gasteiger partial charge in [0.2, 0.25) is 5.91 Å². The molecule has 0 atom stereocenters. The zero-order valence-corrected chi connectivity index (χ0v) is 19.0. The van der Waals surface area contributed by atoms with Gasteiger partial charge in [0.05, 0.1) is 5.75 Å². The van der Waals surface area contributed by atoms with E-state index in [4.69, 9.17) is 0 Å². The lowest BCUT2D eigenvalue weighted by Gasteiger charge is -2.07. The monoisotopic (exact) mass is 436 g/mol. The Labute approximate surface area is 187 Å². The number of hydrogen-bond donors (Lipinski definition) is 1. The summed E-state index contributed by atoms with van der Waals surface area (Å²) in [6.45, 7) is 4.15. The van der Waals surface area contributed by atoms with E-state index < -0.39 is 0 Å². The summed E-state index contributed by atoms with van der Waals surface area (Å²) in [5, 5.41) is 12.1. The van der Waals surface area contributed by atoms with E-state index in [1.807, 2.05) is 42.8 Å². The first-order chi connectivity index (χ1) is 15.0. The SMILES string of the molecule is CCCCCC(=O)Nc1ccc(C(=O)CSc2nnc(-c3ccccc3C)n2C)cc1. The normalized spacial score (nSPS) is 10.8. The third kappa shape index (κ3) is 6.04. The fourth-order valence-electron chi connectivity index (χ4n) is 3.21. The number of Topliss-reactive ketones (excluding diaryl/α,β-unsaturated/α-hetero) is 1. The smallest absolute Gasteiger partial charge is 0.224 e. The molecule has 31 heavy (non-hydrogen) atoms. The molecule has 2 aromatic carbocycles. The molecule has 0 radical (unpaired) electrons. The van der Waals surface area contributed by atoms with Crippen LogP contribution in [-0.4, -0.2) is 32.2 Å². The first-order valence-corrected chi connectivity index (χ1v) is 11.5. The van der Waals surface area contributed by atoms with E-state index in [0.29, 0.717) is 22.8 Å². The number of amides is 1. The minimum absolute atomic E-state index is 0.00580. The van der Waals surface area contributed by atoms with Gasteiger partial charge >= 0.3 is 0 Å². The average molecular weight is 437 g/mol. The highest BCUT2D eigenvalue weighted by Gasteiger charge is 2.15. The van der Waals surface area contributed by atoms with Crippen molar-refractivity contribution in [2.45, 2.75) is 44.7 Å². The number of aromatic nitrogens is 3. The molecule has 0 saturated heterocycles. The van der Waals surface area contributed by atoms with Crippen LogP contribution in [0.25, 0.3) is 11.4 Å². The van der Waals surface area contributed by atoms with Crippen LogP contribution in [0.5, 0.6) is 0 Å². The Bertz CT molecular complexity index is 1040. The largest absolute Gasteiger partial charge is 0.326 e. The van der Waals surface area contributed by atoms with Crippen LogP contribution < -0.4 is 5.32 Å². The molecule has 0 aliphatic heterocycles. The fourth-order valence-corrected chi connectivity index (χ4v) is 4.02. The van der Waals surface area contributed by atoms with E-state index >= 15 is 0 Å². The van der Waals surface area contributed by atoms with Crippen molar-refractivity contribution in [3.63, 3.8) is 0 Å². The van der Waals surface area contributed by atoms with E-state index in [1.165, 1.54) is 11.8 Å². The molecule has 0 bridgehead atoms. The van der Waals surface area contributed by atoms with Crippen LogP contribution in [0.4, 0.5) is 5.69 Å². The van der Waals surface area contributed by atoms with Crippen LogP contribution in [0.1, 0.15) is 48.5 Å². The maximum absolute atomic E-state index is 12.6. The van der Waals surface area contributed by atoms with Crippen LogP contribution in [0.15, 0.2) is 53.7 Å². The Morgan fingerprint density at radius 1 is 1.03 bits per heavy atom. The molecule has 1 aromatic heterocycles. The molecule has 1 N–H and O–H groups in total. The lowest BCUT2D eigenvalue weighted by atomic mass is 10.1. The molecule has 0 aliphatic rings. The van der Waals surface area contributed by atoms with Gasteiger partial charge in [-0.2, -0.15) is 0 Å². The van der Waals surface area contributed by atoms with Crippen molar-refractivity contribution in [3.8, 4) is 11.4 Å². The number of unbranched alkanes of at least 4 members (excludes halogenated alkanes) is 2. The van der Waals surface area contributed by atoms with Crippen molar-refractivity contribution >= 4 is 29.1 Å². The number of hydrogen-bond acceptors (Lipinski definition) is 5. The van der Waals surface area contributed by atoms with E-state index in [-0.39, 0.29) is 17.4 Å². The molecule has 7 heteroatoms. The summed E-state index contributed by atoms with van der Waals surface area (Å²) in [7, 11) is 1.91. The summed E-state index contributed by atoms with van der Waals surface area (Å²) in [6.07, 6.45) is 3.55. The average Bonchev–Trinajstić information content (AvgIpc) is 3.13. The van der Waals surface area contributed by atoms with E-state index in [1.54, 1.807) is 24.3 Å². The number of ketones is 1. The Kier molecular flexibility index (Phi) is 8.00. The molecule has 1 heterocycles. The maximum atomic E-state index is 12.6. The zero-order valence-electron chi connectivity index (χ0n) is 18.2. The van der Waals surface area contributed by atoms with Crippen molar-refractivity contribution in [2.24, 2.45) is 7.05 Å². The molecule has 0 saturated carbocycles. The second kappa shape index (κ2) is 10.9. The fraction of sp³-hybridized carbons (Fsp3) is 0.333. The first-order valence-electron chi connectivity index (χ1n) is 10.5. The Hall–Kier alpha value is -2.93. The molecule has 0 fully saturated rings. The standard InChI is InChI=1S/C24H28N4O2S/c1-4-5-6-11-22(30)25-19-14-12-18(13-15-19)21(29)16-31-24-27-26-23(28(24)3)20-10-8-7-9-17(20)2/h7-10,12-15H,4-6,11,16H2,1-3H3,(H,25,30). The van der Waals surface area contributed by atoms with Gasteiger partial charge in [-0.05, 0) is 43.2 Å². The number of thioether (sulfide) groups is 1. The second-order valence-corrected chi connectivity index (χ2v) is 8.42. The first kappa shape index (κ1) is 22.7. The predicted octanol–water partition coefficient (Wildman–Crippen LogP) is 5.28. The lowest BCUT2D eigenvalue weighted by molar-refractivity contribution is -0.116. The van der Waals surface area contributed by atoms with Crippen LogP contribution in [-0.2, 0) is 11.8 Å². The summed E-state index contributed by atoms with van der Waals surface area (Å²) in [5.74, 6) is 1.07. The minimum Gasteiger partial charge on any atom is -0.326 e. The molecule has 0 spiro atoms. The molecule has 3 rings (SSSR count). The highest BCUT2D eigenvalue weighted by molar-refractivity contribution is 7.99. The number of rotatable bonds is 10. The maximum Gasteiger partial charge on any atom is 0.224 e. The van der Waals surface area contributed by atoms with Crippen LogP contribution in [0.2, 0.25) is 0 Å². The number of nitrogens with one attached hydrogen (secondary N) is 1. The summed E-state index contributed by atoms with van der Waals surface area (Å²) >= 11 is 1.37. The third-order valence-corrected chi connectivity index (χ3v) is 6.07. The molecule has 0 unspecified atom stereocenters. The Morgan fingerprint density at radius 3 is 2.48 bits per heavy atom. The minimum atomic E-state index is 0.00580. The summed E-state index contributed by atoms with van der Waals surface area (Å²) < 4.78 is 1.91.